The van der Waals surface area contributed by atoms with Crippen LogP contribution in [0.2, 0.25) is 0 Å². The van der Waals surface area contributed by atoms with E-state index < -0.39 is 0 Å². The lowest BCUT2D eigenvalue weighted by Gasteiger charge is -2.29. The molecule has 2 rings (SSSR count). The summed E-state index contributed by atoms with van der Waals surface area (Å²) in [7, 11) is 0. The quantitative estimate of drug-likeness (QED) is 0.853. The molecule has 0 radical (unpaired) electrons. The molecular formula is C15H23BrClFN2. The first-order valence-electron chi connectivity index (χ1n) is 7.06. The minimum absolute atomic E-state index is 0. The van der Waals surface area contributed by atoms with Crippen LogP contribution >= 0.6 is 28.3 Å². The van der Waals surface area contributed by atoms with E-state index in [1.54, 1.807) is 6.07 Å². The van der Waals surface area contributed by atoms with Gasteiger partial charge in [0.1, 0.15) is 5.82 Å². The Labute approximate surface area is 135 Å². The molecule has 20 heavy (non-hydrogen) atoms. The summed E-state index contributed by atoms with van der Waals surface area (Å²) in [5, 5.41) is 3.39. The van der Waals surface area contributed by atoms with E-state index in [0.717, 1.165) is 42.1 Å². The summed E-state index contributed by atoms with van der Waals surface area (Å²) < 4.78 is 14.7. The van der Waals surface area contributed by atoms with Gasteiger partial charge in [-0.15, -0.1) is 12.4 Å². The van der Waals surface area contributed by atoms with Gasteiger partial charge in [-0.1, -0.05) is 22.9 Å². The lowest BCUT2D eigenvalue weighted by Crippen LogP contribution is -2.36. The number of benzene rings is 1. The van der Waals surface area contributed by atoms with Crippen molar-refractivity contribution in [2.24, 2.45) is 5.92 Å². The van der Waals surface area contributed by atoms with Crippen molar-refractivity contribution in [3.63, 3.8) is 0 Å². The van der Waals surface area contributed by atoms with Crippen LogP contribution in [-0.4, -0.2) is 31.1 Å². The predicted octanol–water partition coefficient (Wildman–Crippen LogP) is 3.83. The van der Waals surface area contributed by atoms with Crippen LogP contribution < -0.4 is 5.32 Å². The maximum absolute atomic E-state index is 13.8. The molecule has 2 nitrogen and oxygen atoms in total. The average molecular weight is 366 g/mol. The molecule has 1 heterocycles. The molecule has 1 aliphatic rings. The number of piperidine rings is 1. The topological polar surface area (TPSA) is 15.3 Å². The number of hydrogen-bond donors (Lipinski definition) is 1. The van der Waals surface area contributed by atoms with Crippen LogP contribution in [0.3, 0.4) is 0 Å². The zero-order chi connectivity index (χ0) is 13.7. The molecule has 0 spiro atoms. The van der Waals surface area contributed by atoms with Crippen LogP contribution in [0.5, 0.6) is 0 Å². The van der Waals surface area contributed by atoms with Gasteiger partial charge in [0.15, 0.2) is 0 Å². The van der Waals surface area contributed by atoms with Gasteiger partial charge in [0.25, 0.3) is 0 Å². The number of hydrogen-bond acceptors (Lipinski definition) is 2. The molecule has 1 aliphatic heterocycles. The molecule has 0 amide bonds. The van der Waals surface area contributed by atoms with Gasteiger partial charge in [-0.25, -0.2) is 4.39 Å². The van der Waals surface area contributed by atoms with Crippen molar-refractivity contribution in [2.45, 2.75) is 26.3 Å². The Hall–Kier alpha value is -0.160. The minimum Gasteiger partial charge on any atom is -0.317 e. The summed E-state index contributed by atoms with van der Waals surface area (Å²) in [5.74, 6) is 0.642. The standard InChI is InChI=1S/C15H22BrFN2.ClH/c1-2-19(10-12-5-7-18-8-6-12)11-13-9-14(16)3-4-15(13)17;/h3-4,9,12,18H,2,5-8,10-11H2,1H3;1H. The summed E-state index contributed by atoms with van der Waals surface area (Å²) in [5.41, 5.74) is 0.783. The second-order valence-corrected chi connectivity index (χ2v) is 6.17. The molecule has 0 aliphatic carbocycles. The zero-order valence-corrected chi connectivity index (χ0v) is 14.3. The fourth-order valence-electron chi connectivity index (χ4n) is 2.64. The second-order valence-electron chi connectivity index (χ2n) is 5.26. The Morgan fingerprint density at radius 2 is 2.05 bits per heavy atom. The van der Waals surface area contributed by atoms with Crippen molar-refractivity contribution >= 4 is 28.3 Å². The molecule has 0 atom stereocenters. The number of halogens is 3. The molecule has 1 aromatic carbocycles. The van der Waals surface area contributed by atoms with Gasteiger partial charge >= 0.3 is 0 Å². The molecule has 1 fully saturated rings. The monoisotopic (exact) mass is 364 g/mol. The van der Waals surface area contributed by atoms with Crippen molar-refractivity contribution < 1.29 is 4.39 Å². The molecular weight excluding hydrogens is 343 g/mol. The van der Waals surface area contributed by atoms with Gasteiger partial charge in [0, 0.05) is 23.1 Å². The largest absolute Gasteiger partial charge is 0.317 e. The lowest BCUT2D eigenvalue weighted by molar-refractivity contribution is 0.205. The van der Waals surface area contributed by atoms with Crippen LogP contribution in [0.1, 0.15) is 25.3 Å². The molecule has 1 aromatic rings. The van der Waals surface area contributed by atoms with Crippen molar-refractivity contribution in [3.8, 4) is 0 Å². The maximum atomic E-state index is 13.8. The van der Waals surface area contributed by atoms with Gasteiger partial charge in [-0.3, -0.25) is 4.90 Å². The third-order valence-corrected chi connectivity index (χ3v) is 4.32. The third kappa shape index (κ3) is 5.32. The first-order chi connectivity index (χ1) is 9.19. The van der Waals surface area contributed by atoms with E-state index in [9.17, 15) is 4.39 Å². The van der Waals surface area contributed by atoms with Gasteiger partial charge in [-0.2, -0.15) is 0 Å². The molecule has 5 heteroatoms. The maximum Gasteiger partial charge on any atom is 0.127 e. The van der Waals surface area contributed by atoms with Gasteiger partial charge < -0.3 is 5.32 Å². The SMILES string of the molecule is CCN(Cc1cc(Br)ccc1F)CC1CCNCC1.Cl. The van der Waals surface area contributed by atoms with Crippen molar-refractivity contribution in [3.05, 3.63) is 34.1 Å². The molecule has 0 saturated carbocycles. The summed E-state index contributed by atoms with van der Waals surface area (Å²) in [4.78, 5) is 2.35. The van der Waals surface area contributed by atoms with E-state index in [1.807, 2.05) is 6.07 Å². The Morgan fingerprint density at radius 3 is 2.70 bits per heavy atom. The number of rotatable bonds is 5. The van der Waals surface area contributed by atoms with Crippen LogP contribution in [0.4, 0.5) is 4.39 Å². The Morgan fingerprint density at radius 1 is 1.35 bits per heavy atom. The molecule has 114 valence electrons. The highest BCUT2D eigenvalue weighted by molar-refractivity contribution is 9.10. The number of nitrogens with zero attached hydrogens (tertiary/aromatic N) is 1. The van der Waals surface area contributed by atoms with E-state index in [2.05, 4.69) is 33.1 Å². The Bertz CT molecular complexity index is 411. The lowest BCUT2D eigenvalue weighted by atomic mass is 9.97. The highest BCUT2D eigenvalue weighted by Gasteiger charge is 2.17. The highest BCUT2D eigenvalue weighted by Crippen LogP contribution is 2.19. The molecule has 0 aromatic heterocycles. The highest BCUT2D eigenvalue weighted by atomic mass is 79.9. The van der Waals surface area contributed by atoms with Crippen molar-refractivity contribution in [1.82, 2.24) is 10.2 Å². The molecule has 0 unspecified atom stereocenters. The van der Waals surface area contributed by atoms with E-state index in [1.165, 1.54) is 18.9 Å². The van der Waals surface area contributed by atoms with Crippen molar-refractivity contribution in [2.75, 3.05) is 26.2 Å². The van der Waals surface area contributed by atoms with Gasteiger partial charge in [0.05, 0.1) is 0 Å². The molecule has 1 saturated heterocycles. The minimum atomic E-state index is -0.105. The normalized spacial score (nSPS) is 16.2. The Balaban J connectivity index is 0.00000200. The molecule has 0 bridgehead atoms. The fourth-order valence-corrected chi connectivity index (χ4v) is 3.05. The van der Waals surface area contributed by atoms with E-state index >= 15 is 0 Å². The van der Waals surface area contributed by atoms with Crippen LogP contribution in [-0.2, 0) is 6.54 Å². The predicted molar refractivity (Wildman–Crippen MR) is 87.9 cm³/mol. The van der Waals surface area contributed by atoms with Crippen molar-refractivity contribution in [1.29, 1.82) is 0 Å². The van der Waals surface area contributed by atoms with Gasteiger partial charge in [0.2, 0.25) is 0 Å². The first kappa shape index (κ1) is 17.9. The number of nitrogens with one attached hydrogen (secondary N) is 1. The zero-order valence-electron chi connectivity index (χ0n) is 11.9. The fraction of sp³-hybridized carbons (Fsp3) is 0.600. The van der Waals surface area contributed by atoms with E-state index in [-0.39, 0.29) is 18.2 Å². The van der Waals surface area contributed by atoms with Crippen LogP contribution in [0.15, 0.2) is 22.7 Å². The summed E-state index contributed by atoms with van der Waals surface area (Å²) >= 11 is 3.41. The summed E-state index contributed by atoms with van der Waals surface area (Å²) in [6.07, 6.45) is 2.47. The van der Waals surface area contributed by atoms with Gasteiger partial charge in [-0.05, 0) is 56.6 Å². The Kier molecular flexibility index (Phi) is 8.03. The van der Waals surface area contributed by atoms with E-state index in [0.29, 0.717) is 6.54 Å². The first-order valence-corrected chi connectivity index (χ1v) is 7.85. The third-order valence-electron chi connectivity index (χ3n) is 3.82. The van der Waals surface area contributed by atoms with E-state index in [4.69, 9.17) is 0 Å². The van der Waals surface area contributed by atoms with Crippen LogP contribution in [0, 0.1) is 11.7 Å². The second kappa shape index (κ2) is 8.98. The summed E-state index contributed by atoms with van der Waals surface area (Å²) in [6.45, 7) is 7.13. The smallest absolute Gasteiger partial charge is 0.127 e. The summed E-state index contributed by atoms with van der Waals surface area (Å²) in [6, 6.07) is 5.18. The van der Waals surface area contributed by atoms with Crippen LogP contribution in [0.25, 0.3) is 0 Å². The average Bonchev–Trinajstić information content (AvgIpc) is 2.43. The molecule has 1 N–H and O–H groups in total.